The topological polar surface area (TPSA) is 56.7 Å². The highest BCUT2D eigenvalue weighted by Crippen LogP contribution is 2.33. The first-order valence-electron chi connectivity index (χ1n) is 6.34. The fraction of sp³-hybridized carbons (Fsp3) is 0.286. The Bertz CT molecular complexity index is 790. The minimum absolute atomic E-state index is 0.125. The van der Waals surface area contributed by atoms with Gasteiger partial charge in [-0.2, -0.15) is 0 Å². The number of anilines is 1. The summed E-state index contributed by atoms with van der Waals surface area (Å²) in [5.41, 5.74) is 9.14. The average molecular weight is 351 g/mol. The number of fused-ring (bicyclic) bond motifs is 1. The first kappa shape index (κ1) is 13.6. The van der Waals surface area contributed by atoms with Crippen LogP contribution in [0.1, 0.15) is 28.5 Å². The largest absolute Gasteiger partial charge is 0.369 e. The molecule has 0 aliphatic carbocycles. The molecule has 0 radical (unpaired) electrons. The lowest BCUT2D eigenvalue weighted by Crippen LogP contribution is -2.10. The zero-order valence-corrected chi connectivity index (χ0v) is 13.9. The van der Waals surface area contributed by atoms with E-state index in [2.05, 4.69) is 43.5 Å². The Morgan fingerprint density at radius 1 is 1.30 bits per heavy atom. The number of nitrogens with zero attached hydrogens (tertiary/aromatic N) is 3. The van der Waals surface area contributed by atoms with Gasteiger partial charge in [0.2, 0.25) is 5.95 Å². The number of aryl methyl sites for hydroxylation is 2. The molecular formula is C14H15BrN4S. The Labute approximate surface area is 129 Å². The van der Waals surface area contributed by atoms with Gasteiger partial charge in [0, 0.05) is 4.47 Å². The van der Waals surface area contributed by atoms with Gasteiger partial charge in [0.15, 0.2) is 0 Å². The second-order valence-corrected chi connectivity index (χ2v) is 6.98. The van der Waals surface area contributed by atoms with Crippen molar-refractivity contribution in [3.05, 3.63) is 38.3 Å². The molecule has 0 fully saturated rings. The van der Waals surface area contributed by atoms with Gasteiger partial charge in [-0.15, -0.1) is 11.3 Å². The quantitative estimate of drug-likeness (QED) is 0.757. The molecule has 2 aromatic heterocycles. The first-order chi connectivity index (χ1) is 9.47. The van der Waals surface area contributed by atoms with Crippen LogP contribution in [0.2, 0.25) is 0 Å². The predicted octanol–water partition coefficient (Wildman–Crippen LogP) is 4.06. The molecule has 2 N–H and O–H groups in total. The molecule has 4 nitrogen and oxygen atoms in total. The number of nitrogens with two attached hydrogens (primary N) is 1. The number of nitrogen functional groups attached to an aromatic ring is 1. The third-order valence-corrected chi connectivity index (χ3v) is 5.12. The van der Waals surface area contributed by atoms with Crippen molar-refractivity contribution in [3.8, 4) is 0 Å². The SMILES string of the molecule is Cc1nc(C)c(C(C)n2c(N)nc3ccc(Br)cc32)s1. The van der Waals surface area contributed by atoms with Crippen molar-refractivity contribution in [1.29, 1.82) is 0 Å². The van der Waals surface area contributed by atoms with E-state index < -0.39 is 0 Å². The number of hydrogen-bond acceptors (Lipinski definition) is 4. The molecule has 20 heavy (non-hydrogen) atoms. The Kier molecular flexibility index (Phi) is 3.30. The van der Waals surface area contributed by atoms with Crippen molar-refractivity contribution in [2.24, 2.45) is 0 Å². The fourth-order valence-electron chi connectivity index (χ4n) is 2.54. The van der Waals surface area contributed by atoms with Crippen LogP contribution in [0.4, 0.5) is 5.95 Å². The molecule has 1 aromatic carbocycles. The fourth-order valence-corrected chi connectivity index (χ4v) is 3.86. The maximum atomic E-state index is 6.12. The lowest BCUT2D eigenvalue weighted by atomic mass is 10.2. The highest BCUT2D eigenvalue weighted by molar-refractivity contribution is 9.10. The first-order valence-corrected chi connectivity index (χ1v) is 7.95. The van der Waals surface area contributed by atoms with Crippen LogP contribution in [0.15, 0.2) is 22.7 Å². The number of thiazole rings is 1. The van der Waals surface area contributed by atoms with Crippen molar-refractivity contribution in [3.63, 3.8) is 0 Å². The van der Waals surface area contributed by atoms with Crippen LogP contribution in [0.3, 0.4) is 0 Å². The molecule has 0 saturated heterocycles. The van der Waals surface area contributed by atoms with Gasteiger partial charge >= 0.3 is 0 Å². The number of imidazole rings is 1. The molecule has 1 atom stereocenters. The summed E-state index contributed by atoms with van der Waals surface area (Å²) in [5.74, 6) is 0.538. The summed E-state index contributed by atoms with van der Waals surface area (Å²) >= 11 is 5.22. The summed E-state index contributed by atoms with van der Waals surface area (Å²) in [6.45, 7) is 6.21. The minimum Gasteiger partial charge on any atom is -0.369 e. The van der Waals surface area contributed by atoms with Gasteiger partial charge < -0.3 is 10.3 Å². The van der Waals surface area contributed by atoms with Crippen LogP contribution >= 0.6 is 27.3 Å². The lowest BCUT2D eigenvalue weighted by Gasteiger charge is -2.15. The van der Waals surface area contributed by atoms with Crippen molar-refractivity contribution >= 4 is 44.2 Å². The normalized spacial score (nSPS) is 13.0. The molecule has 3 rings (SSSR count). The lowest BCUT2D eigenvalue weighted by molar-refractivity contribution is 0.674. The highest BCUT2D eigenvalue weighted by Gasteiger charge is 2.19. The maximum Gasteiger partial charge on any atom is 0.201 e. The average Bonchev–Trinajstić information content (AvgIpc) is 2.87. The molecule has 0 bridgehead atoms. The predicted molar refractivity (Wildman–Crippen MR) is 87.2 cm³/mol. The number of rotatable bonds is 2. The Morgan fingerprint density at radius 2 is 2.05 bits per heavy atom. The highest BCUT2D eigenvalue weighted by atomic mass is 79.9. The van der Waals surface area contributed by atoms with Gasteiger partial charge in [-0.05, 0) is 39.0 Å². The van der Waals surface area contributed by atoms with E-state index in [1.54, 1.807) is 11.3 Å². The van der Waals surface area contributed by atoms with Gasteiger partial charge in [-0.1, -0.05) is 15.9 Å². The van der Waals surface area contributed by atoms with Gasteiger partial charge in [0.05, 0.1) is 32.7 Å². The van der Waals surface area contributed by atoms with Crippen molar-refractivity contribution in [2.45, 2.75) is 26.8 Å². The second-order valence-electron chi connectivity index (χ2n) is 4.83. The van der Waals surface area contributed by atoms with Gasteiger partial charge in [0.25, 0.3) is 0 Å². The van der Waals surface area contributed by atoms with Crippen molar-refractivity contribution in [2.75, 3.05) is 5.73 Å². The summed E-state index contributed by atoms with van der Waals surface area (Å²) < 4.78 is 3.09. The van der Waals surface area contributed by atoms with Crippen LogP contribution in [0.25, 0.3) is 11.0 Å². The molecule has 0 amide bonds. The van der Waals surface area contributed by atoms with E-state index in [4.69, 9.17) is 5.73 Å². The van der Waals surface area contributed by atoms with Crippen LogP contribution in [0, 0.1) is 13.8 Å². The van der Waals surface area contributed by atoms with Crippen molar-refractivity contribution in [1.82, 2.24) is 14.5 Å². The van der Waals surface area contributed by atoms with E-state index in [9.17, 15) is 0 Å². The minimum atomic E-state index is 0.125. The second kappa shape index (κ2) is 4.86. The molecular weight excluding hydrogens is 336 g/mol. The van der Waals surface area contributed by atoms with Crippen LogP contribution in [-0.2, 0) is 0 Å². The third kappa shape index (κ3) is 2.13. The molecule has 0 saturated carbocycles. The summed E-state index contributed by atoms with van der Waals surface area (Å²) in [7, 11) is 0. The molecule has 0 spiro atoms. The van der Waals surface area contributed by atoms with Gasteiger partial charge in [0.1, 0.15) is 0 Å². The summed E-state index contributed by atoms with van der Waals surface area (Å²) in [5, 5.41) is 1.08. The number of halogens is 1. The molecule has 2 heterocycles. The maximum absolute atomic E-state index is 6.12. The van der Waals surface area contributed by atoms with E-state index >= 15 is 0 Å². The van der Waals surface area contributed by atoms with E-state index in [1.807, 2.05) is 26.0 Å². The van der Waals surface area contributed by atoms with Gasteiger partial charge in [-0.3, -0.25) is 0 Å². The Balaban J connectivity index is 2.20. The Morgan fingerprint density at radius 3 is 2.70 bits per heavy atom. The zero-order chi connectivity index (χ0) is 14.4. The van der Waals surface area contributed by atoms with Gasteiger partial charge in [-0.25, -0.2) is 9.97 Å². The van der Waals surface area contributed by atoms with Crippen LogP contribution in [-0.4, -0.2) is 14.5 Å². The van der Waals surface area contributed by atoms with Crippen molar-refractivity contribution < 1.29 is 0 Å². The summed E-state index contributed by atoms with van der Waals surface area (Å²) in [6.07, 6.45) is 0. The standard InChI is InChI=1S/C14H15BrN4S/c1-7-13(20-9(3)17-7)8(2)19-12-6-10(15)4-5-11(12)18-14(19)16/h4-6,8H,1-3H3,(H2,16,18). The number of benzene rings is 1. The van der Waals surface area contributed by atoms with Crippen LogP contribution in [0.5, 0.6) is 0 Å². The molecule has 1 unspecified atom stereocenters. The zero-order valence-electron chi connectivity index (χ0n) is 11.5. The van der Waals surface area contributed by atoms with E-state index in [1.165, 1.54) is 4.88 Å². The Hall–Kier alpha value is -1.40. The van der Waals surface area contributed by atoms with Crippen LogP contribution < -0.4 is 5.73 Å². The molecule has 3 aromatic rings. The molecule has 104 valence electrons. The third-order valence-electron chi connectivity index (χ3n) is 3.38. The molecule has 0 aliphatic rings. The summed E-state index contributed by atoms with van der Waals surface area (Å²) in [6, 6.07) is 6.13. The molecule has 0 aliphatic heterocycles. The number of hydrogen-bond donors (Lipinski definition) is 1. The summed E-state index contributed by atoms with van der Waals surface area (Å²) in [4.78, 5) is 10.2. The number of aromatic nitrogens is 3. The van der Waals surface area contributed by atoms with E-state index in [0.29, 0.717) is 5.95 Å². The monoisotopic (exact) mass is 350 g/mol. The van der Waals surface area contributed by atoms with E-state index in [-0.39, 0.29) is 6.04 Å². The smallest absolute Gasteiger partial charge is 0.201 e. The molecule has 6 heteroatoms. The van der Waals surface area contributed by atoms with E-state index in [0.717, 1.165) is 26.2 Å².